The van der Waals surface area contributed by atoms with Gasteiger partial charge in [-0.1, -0.05) is 172 Å². The van der Waals surface area contributed by atoms with E-state index in [1.54, 1.807) is 0 Å². The molecule has 0 atom stereocenters. The van der Waals surface area contributed by atoms with Crippen molar-refractivity contribution in [2.45, 2.75) is 13.8 Å². The van der Waals surface area contributed by atoms with Crippen LogP contribution in [0.1, 0.15) is 13.8 Å². The van der Waals surface area contributed by atoms with Crippen LogP contribution in [0.4, 0.5) is 0 Å². The molecule has 0 aliphatic rings. The molecule has 11 aromatic rings. The molecule has 0 saturated heterocycles. The molecule has 3 heterocycles. The van der Waals surface area contributed by atoms with Crippen molar-refractivity contribution in [1.82, 2.24) is 19.5 Å². The van der Waals surface area contributed by atoms with Crippen LogP contribution in [0.15, 0.2) is 186 Å². The van der Waals surface area contributed by atoms with Crippen LogP contribution < -0.4 is 0 Å². The number of hydrogen-bond donors (Lipinski definition) is 0. The largest absolute Gasteiger partial charge is 0.456 e. The van der Waals surface area contributed by atoms with Gasteiger partial charge in [0.15, 0.2) is 11.6 Å². The highest BCUT2D eigenvalue weighted by Crippen LogP contribution is 2.41. The van der Waals surface area contributed by atoms with E-state index in [9.17, 15) is 0 Å². The topological polar surface area (TPSA) is 56.7 Å². The number of rotatable bonds is 5. The summed E-state index contributed by atoms with van der Waals surface area (Å²) in [6.07, 6.45) is 0. The van der Waals surface area contributed by atoms with Gasteiger partial charge in [0.2, 0.25) is 5.95 Å². The molecule has 8 aromatic carbocycles. The molecule has 0 saturated carbocycles. The van der Waals surface area contributed by atoms with Crippen molar-refractivity contribution in [3.8, 4) is 51.0 Å². The van der Waals surface area contributed by atoms with Crippen LogP contribution in [-0.2, 0) is 0 Å². The fourth-order valence-corrected chi connectivity index (χ4v) is 7.93. The highest BCUT2D eigenvalue weighted by Gasteiger charge is 2.21. The molecule has 0 bridgehead atoms. The molecule has 5 heteroatoms. The van der Waals surface area contributed by atoms with Crippen molar-refractivity contribution in [2.24, 2.45) is 0 Å². The molecule has 0 N–H and O–H groups in total. The van der Waals surface area contributed by atoms with Gasteiger partial charge >= 0.3 is 0 Å². The minimum Gasteiger partial charge on any atom is -0.456 e. The fourth-order valence-electron chi connectivity index (χ4n) is 7.93. The summed E-state index contributed by atoms with van der Waals surface area (Å²) < 4.78 is 8.60. The van der Waals surface area contributed by atoms with Crippen LogP contribution in [0.5, 0.6) is 0 Å². The van der Waals surface area contributed by atoms with E-state index in [1.807, 2.05) is 50.2 Å². The van der Waals surface area contributed by atoms with Gasteiger partial charge in [-0.3, -0.25) is 4.57 Å². The van der Waals surface area contributed by atoms with Crippen LogP contribution in [0.25, 0.3) is 105 Å². The van der Waals surface area contributed by atoms with Gasteiger partial charge in [-0.05, 0) is 51.7 Å². The predicted octanol–water partition coefficient (Wildman–Crippen LogP) is 13.7. The summed E-state index contributed by atoms with van der Waals surface area (Å²) in [6, 6.07) is 63.3. The van der Waals surface area contributed by atoms with Gasteiger partial charge in [0, 0.05) is 38.2 Å². The molecule has 3 aromatic heterocycles. The van der Waals surface area contributed by atoms with Crippen molar-refractivity contribution in [3.63, 3.8) is 0 Å². The highest BCUT2D eigenvalue weighted by atomic mass is 16.3. The van der Waals surface area contributed by atoms with E-state index in [0.717, 1.165) is 77.1 Å². The number of fused-ring (bicyclic) bond motifs is 8. The van der Waals surface area contributed by atoms with E-state index < -0.39 is 0 Å². The zero-order valence-corrected chi connectivity index (χ0v) is 31.0. The molecule has 266 valence electrons. The number of furan rings is 1. The first-order valence-corrected chi connectivity index (χ1v) is 19.1. The lowest BCUT2D eigenvalue weighted by molar-refractivity contribution is 0.669. The smallest absolute Gasteiger partial charge is 0.238 e. The van der Waals surface area contributed by atoms with Gasteiger partial charge in [-0.2, -0.15) is 9.97 Å². The molecule has 0 radical (unpaired) electrons. The summed E-state index contributed by atoms with van der Waals surface area (Å²) in [6.45, 7) is 4.00. The van der Waals surface area contributed by atoms with E-state index in [-0.39, 0.29) is 0 Å². The summed E-state index contributed by atoms with van der Waals surface area (Å²) >= 11 is 0. The van der Waals surface area contributed by atoms with Crippen molar-refractivity contribution < 1.29 is 4.42 Å². The quantitative estimate of drug-likeness (QED) is 0.178. The summed E-state index contributed by atoms with van der Waals surface area (Å²) in [7, 11) is 0. The molecule has 56 heavy (non-hydrogen) atoms. The summed E-state index contributed by atoms with van der Waals surface area (Å²) in [5.41, 5.74) is 10.1. The molecular weight excluding hydrogens is 685 g/mol. The minimum absolute atomic E-state index is 0.561. The number of aromatic nitrogens is 4. The van der Waals surface area contributed by atoms with Crippen LogP contribution in [-0.4, -0.2) is 19.5 Å². The Morgan fingerprint density at radius 3 is 1.75 bits per heavy atom. The second-order valence-corrected chi connectivity index (χ2v) is 13.6. The molecule has 0 aliphatic heterocycles. The first kappa shape index (κ1) is 33.2. The lowest BCUT2D eigenvalue weighted by Gasteiger charge is -2.13. The molecule has 0 amide bonds. The molecular formula is C51H36N4O. The SMILES string of the molecule is CC.c1ccc(-c2ccc(-c3nc(-c4ccccc4)nc(-n4c5ccccc5c5cccc(-c6ccc7oc8ccc9ccccc9c8c7c6)c54)n3)cc2)cc1. The van der Waals surface area contributed by atoms with Crippen molar-refractivity contribution in [3.05, 3.63) is 182 Å². The molecule has 0 unspecified atom stereocenters. The maximum Gasteiger partial charge on any atom is 0.238 e. The van der Waals surface area contributed by atoms with Gasteiger partial charge in [-0.15, -0.1) is 0 Å². The summed E-state index contributed by atoms with van der Waals surface area (Å²) in [5.74, 6) is 1.79. The van der Waals surface area contributed by atoms with Gasteiger partial charge in [0.05, 0.1) is 11.0 Å². The van der Waals surface area contributed by atoms with E-state index in [1.165, 1.54) is 10.8 Å². The number of para-hydroxylation sites is 2. The third kappa shape index (κ3) is 5.52. The summed E-state index contributed by atoms with van der Waals surface area (Å²) in [4.78, 5) is 15.5. The van der Waals surface area contributed by atoms with Gasteiger partial charge in [0.25, 0.3) is 0 Å². The van der Waals surface area contributed by atoms with E-state index >= 15 is 0 Å². The van der Waals surface area contributed by atoms with E-state index in [0.29, 0.717) is 17.6 Å². The van der Waals surface area contributed by atoms with Gasteiger partial charge in [0.1, 0.15) is 11.2 Å². The zero-order valence-electron chi connectivity index (χ0n) is 31.0. The average molecular weight is 721 g/mol. The first-order chi connectivity index (χ1) is 27.8. The first-order valence-electron chi connectivity index (χ1n) is 19.1. The maximum atomic E-state index is 6.39. The van der Waals surface area contributed by atoms with Gasteiger partial charge in [-0.25, -0.2) is 4.98 Å². The van der Waals surface area contributed by atoms with Crippen LogP contribution >= 0.6 is 0 Å². The Balaban J connectivity index is 0.00000189. The Kier molecular flexibility index (Phi) is 8.19. The zero-order chi connectivity index (χ0) is 37.6. The standard InChI is InChI=1S/C49H30N4O.C2H6/c1-3-12-31(13-4-1)32-22-24-35(25-23-32)48-50-47(34-15-5-2-6-16-34)51-49(52-48)53-42-21-10-9-18-39(42)40-20-11-19-38(46(40)53)36-27-28-43-41(30-36)45-37-17-8-7-14-33(37)26-29-44(45)54-43;1-2/h1-30H;1-2H3. The number of benzene rings is 8. The van der Waals surface area contributed by atoms with Crippen molar-refractivity contribution >= 4 is 54.5 Å². The van der Waals surface area contributed by atoms with Crippen LogP contribution in [0.3, 0.4) is 0 Å². The second-order valence-electron chi connectivity index (χ2n) is 13.6. The third-order valence-electron chi connectivity index (χ3n) is 10.5. The van der Waals surface area contributed by atoms with Gasteiger partial charge < -0.3 is 4.42 Å². The molecule has 0 spiro atoms. The second kappa shape index (κ2) is 13.8. The predicted molar refractivity (Wildman–Crippen MR) is 232 cm³/mol. The monoisotopic (exact) mass is 720 g/mol. The Morgan fingerprint density at radius 2 is 0.982 bits per heavy atom. The van der Waals surface area contributed by atoms with Crippen LogP contribution in [0, 0.1) is 0 Å². The Morgan fingerprint density at radius 1 is 0.411 bits per heavy atom. The Labute approximate surface area is 324 Å². The lowest BCUT2D eigenvalue weighted by Crippen LogP contribution is -2.07. The fraction of sp³-hybridized carbons (Fsp3) is 0.0392. The summed E-state index contributed by atoms with van der Waals surface area (Å²) in [5, 5.41) is 6.85. The van der Waals surface area contributed by atoms with E-state index in [4.69, 9.17) is 19.4 Å². The highest BCUT2D eigenvalue weighted by molar-refractivity contribution is 6.20. The number of nitrogens with zero attached hydrogens (tertiary/aromatic N) is 4. The lowest BCUT2D eigenvalue weighted by atomic mass is 9.98. The molecule has 5 nitrogen and oxygen atoms in total. The van der Waals surface area contributed by atoms with Crippen LogP contribution in [0.2, 0.25) is 0 Å². The maximum absolute atomic E-state index is 6.39. The van der Waals surface area contributed by atoms with Crippen molar-refractivity contribution in [1.29, 1.82) is 0 Å². The Hall–Kier alpha value is -7.37. The minimum atomic E-state index is 0.561. The van der Waals surface area contributed by atoms with E-state index in [2.05, 4.69) is 150 Å². The average Bonchev–Trinajstić information content (AvgIpc) is 3.83. The normalized spacial score (nSPS) is 11.4. The third-order valence-corrected chi connectivity index (χ3v) is 10.5. The Bertz CT molecular complexity index is 3200. The molecule has 11 rings (SSSR count). The molecule has 0 fully saturated rings. The van der Waals surface area contributed by atoms with Crippen molar-refractivity contribution in [2.75, 3.05) is 0 Å². The molecule has 0 aliphatic carbocycles. The number of hydrogen-bond acceptors (Lipinski definition) is 4.